The quantitative estimate of drug-likeness (QED) is 0.586. The maximum atomic E-state index is 11.6. The third-order valence-electron chi connectivity index (χ3n) is 4.15. The lowest BCUT2D eigenvalue weighted by Gasteiger charge is -2.13. The molecule has 6 nitrogen and oxygen atoms in total. The molecule has 1 aliphatic rings. The minimum absolute atomic E-state index is 0.173. The van der Waals surface area contributed by atoms with Gasteiger partial charge in [0.05, 0.1) is 18.5 Å². The molecule has 0 spiro atoms. The van der Waals surface area contributed by atoms with Gasteiger partial charge in [-0.25, -0.2) is 13.1 Å². The highest BCUT2D eigenvalue weighted by molar-refractivity contribution is 7.90. The number of hydrogen-bond acceptors (Lipinski definition) is 5. The summed E-state index contributed by atoms with van der Waals surface area (Å²) in [5.74, 6) is 0.874. The number of sulfonamides is 1. The van der Waals surface area contributed by atoms with Crippen LogP contribution in [0.1, 0.15) is 39.5 Å². The summed E-state index contributed by atoms with van der Waals surface area (Å²) < 4.78 is 37.0. The zero-order valence-corrected chi connectivity index (χ0v) is 16.0. The summed E-state index contributed by atoms with van der Waals surface area (Å²) in [6, 6.07) is 7.98. The van der Waals surface area contributed by atoms with Crippen LogP contribution in [-0.2, 0) is 14.8 Å². The van der Waals surface area contributed by atoms with Crippen molar-refractivity contribution in [3.63, 3.8) is 0 Å². The van der Waals surface area contributed by atoms with E-state index in [0.29, 0.717) is 13.2 Å². The fourth-order valence-corrected chi connectivity index (χ4v) is 3.25. The summed E-state index contributed by atoms with van der Waals surface area (Å²) in [5.41, 5.74) is 1.07. The SMILES string of the molecule is CC(C)S(=O)(=O)NCCCCCNc1ccc(OC2CCOC2)cc1. The lowest BCUT2D eigenvalue weighted by Crippen LogP contribution is -2.31. The van der Waals surface area contributed by atoms with E-state index in [9.17, 15) is 8.42 Å². The van der Waals surface area contributed by atoms with Gasteiger partial charge in [0.25, 0.3) is 0 Å². The van der Waals surface area contributed by atoms with Crippen LogP contribution in [0.5, 0.6) is 5.75 Å². The molecule has 2 N–H and O–H groups in total. The lowest BCUT2D eigenvalue weighted by atomic mass is 10.2. The van der Waals surface area contributed by atoms with Crippen molar-refractivity contribution in [3.8, 4) is 5.75 Å². The van der Waals surface area contributed by atoms with Gasteiger partial charge in [-0.3, -0.25) is 0 Å². The van der Waals surface area contributed by atoms with E-state index in [1.54, 1.807) is 13.8 Å². The van der Waals surface area contributed by atoms with Crippen molar-refractivity contribution in [2.75, 3.05) is 31.6 Å². The van der Waals surface area contributed by atoms with Gasteiger partial charge in [0.1, 0.15) is 11.9 Å². The van der Waals surface area contributed by atoms with Gasteiger partial charge in [0, 0.05) is 25.2 Å². The van der Waals surface area contributed by atoms with Gasteiger partial charge in [0.15, 0.2) is 0 Å². The van der Waals surface area contributed by atoms with Gasteiger partial charge >= 0.3 is 0 Å². The van der Waals surface area contributed by atoms with E-state index < -0.39 is 10.0 Å². The fourth-order valence-electron chi connectivity index (χ4n) is 2.49. The summed E-state index contributed by atoms with van der Waals surface area (Å²) in [6.07, 6.45) is 3.96. The summed E-state index contributed by atoms with van der Waals surface area (Å²) in [5, 5.41) is 3.00. The minimum atomic E-state index is -3.13. The molecule has 2 rings (SSSR count). The number of ether oxygens (including phenoxy) is 2. The molecule has 0 aromatic heterocycles. The second-order valence-electron chi connectivity index (χ2n) is 6.60. The number of nitrogens with one attached hydrogen (secondary N) is 2. The zero-order valence-electron chi connectivity index (χ0n) is 15.2. The first-order chi connectivity index (χ1) is 12.0. The summed E-state index contributed by atoms with van der Waals surface area (Å²) in [4.78, 5) is 0. The van der Waals surface area contributed by atoms with Crippen molar-refractivity contribution >= 4 is 15.7 Å². The van der Waals surface area contributed by atoms with E-state index in [1.807, 2.05) is 24.3 Å². The molecule has 1 aliphatic heterocycles. The molecule has 1 aromatic rings. The van der Waals surface area contributed by atoms with Crippen molar-refractivity contribution in [2.24, 2.45) is 0 Å². The Kier molecular flexibility index (Phi) is 7.99. The molecule has 0 saturated carbocycles. The van der Waals surface area contributed by atoms with Crippen molar-refractivity contribution in [1.29, 1.82) is 0 Å². The highest BCUT2D eigenvalue weighted by Crippen LogP contribution is 2.19. The highest BCUT2D eigenvalue weighted by atomic mass is 32.2. The molecule has 0 radical (unpaired) electrons. The predicted octanol–water partition coefficient (Wildman–Crippen LogP) is 2.76. The molecule has 1 saturated heterocycles. The number of hydrogen-bond donors (Lipinski definition) is 2. The van der Waals surface area contributed by atoms with Crippen molar-refractivity contribution in [1.82, 2.24) is 4.72 Å². The molecule has 1 heterocycles. The van der Waals surface area contributed by atoms with Gasteiger partial charge in [-0.1, -0.05) is 6.42 Å². The van der Waals surface area contributed by atoms with E-state index in [-0.39, 0.29) is 11.4 Å². The van der Waals surface area contributed by atoms with Crippen LogP contribution in [0.2, 0.25) is 0 Å². The van der Waals surface area contributed by atoms with Crippen molar-refractivity contribution in [3.05, 3.63) is 24.3 Å². The summed E-state index contributed by atoms with van der Waals surface area (Å²) in [6.45, 7) is 6.20. The Labute approximate surface area is 151 Å². The first kappa shape index (κ1) is 20.0. The van der Waals surface area contributed by atoms with E-state index in [2.05, 4.69) is 10.0 Å². The molecule has 142 valence electrons. The largest absolute Gasteiger partial charge is 0.488 e. The molecule has 1 aromatic carbocycles. The molecule has 0 bridgehead atoms. The predicted molar refractivity (Wildman–Crippen MR) is 101 cm³/mol. The van der Waals surface area contributed by atoms with Crippen LogP contribution in [-0.4, -0.2) is 46.1 Å². The monoisotopic (exact) mass is 370 g/mol. The first-order valence-corrected chi connectivity index (χ1v) is 10.6. The smallest absolute Gasteiger partial charge is 0.213 e. The molecular formula is C18H30N2O4S. The number of unbranched alkanes of at least 4 members (excludes halogenated alkanes) is 2. The summed E-state index contributed by atoms with van der Waals surface area (Å²) in [7, 11) is -3.13. The number of anilines is 1. The molecular weight excluding hydrogens is 340 g/mol. The van der Waals surface area contributed by atoms with Crippen LogP contribution in [0, 0.1) is 0 Å². The van der Waals surface area contributed by atoms with Gasteiger partial charge in [-0.15, -0.1) is 0 Å². The van der Waals surface area contributed by atoms with Gasteiger partial charge < -0.3 is 14.8 Å². The molecule has 7 heteroatoms. The maximum absolute atomic E-state index is 11.6. The van der Waals surface area contributed by atoms with Crippen LogP contribution >= 0.6 is 0 Å². The van der Waals surface area contributed by atoms with Crippen molar-refractivity contribution < 1.29 is 17.9 Å². The van der Waals surface area contributed by atoms with Gasteiger partial charge in [0.2, 0.25) is 10.0 Å². The Morgan fingerprint density at radius 3 is 2.52 bits per heavy atom. The van der Waals surface area contributed by atoms with E-state index in [0.717, 1.165) is 50.3 Å². The van der Waals surface area contributed by atoms with Crippen molar-refractivity contribution in [2.45, 2.75) is 50.9 Å². The maximum Gasteiger partial charge on any atom is 0.213 e. The van der Waals surface area contributed by atoms with Gasteiger partial charge in [-0.2, -0.15) is 0 Å². The second-order valence-corrected chi connectivity index (χ2v) is 8.92. The Hall–Kier alpha value is -1.31. The molecule has 1 atom stereocenters. The second kappa shape index (κ2) is 9.99. The van der Waals surface area contributed by atoms with Crippen LogP contribution < -0.4 is 14.8 Å². The van der Waals surface area contributed by atoms with Gasteiger partial charge in [-0.05, 0) is 51.0 Å². The first-order valence-electron chi connectivity index (χ1n) is 9.04. The molecule has 0 aliphatic carbocycles. The normalized spacial score (nSPS) is 17.8. The molecule has 0 amide bonds. The fraction of sp³-hybridized carbons (Fsp3) is 0.667. The topological polar surface area (TPSA) is 76.7 Å². The minimum Gasteiger partial charge on any atom is -0.488 e. The Bertz CT molecular complexity index is 596. The number of rotatable bonds is 11. The summed E-state index contributed by atoms with van der Waals surface area (Å²) >= 11 is 0. The highest BCUT2D eigenvalue weighted by Gasteiger charge is 2.17. The van der Waals surface area contributed by atoms with Crippen LogP contribution in [0.25, 0.3) is 0 Å². The zero-order chi connectivity index (χ0) is 18.1. The lowest BCUT2D eigenvalue weighted by molar-refractivity contribution is 0.141. The van der Waals surface area contributed by atoms with E-state index in [1.165, 1.54) is 0 Å². The van der Waals surface area contributed by atoms with Crippen LogP contribution in [0.3, 0.4) is 0 Å². The Morgan fingerprint density at radius 2 is 1.88 bits per heavy atom. The third-order valence-corrected chi connectivity index (χ3v) is 6.00. The van der Waals surface area contributed by atoms with E-state index >= 15 is 0 Å². The van der Waals surface area contributed by atoms with Crippen LogP contribution in [0.15, 0.2) is 24.3 Å². The average molecular weight is 371 g/mol. The molecule has 25 heavy (non-hydrogen) atoms. The Balaban J connectivity index is 1.56. The standard InChI is InChI=1S/C18H30N2O4S/c1-15(2)25(21,22)20-12-5-3-4-11-19-16-6-8-17(9-7-16)24-18-10-13-23-14-18/h6-9,15,18-20H,3-5,10-14H2,1-2H3. The molecule has 1 unspecified atom stereocenters. The molecule has 1 fully saturated rings. The van der Waals surface area contributed by atoms with E-state index in [4.69, 9.17) is 9.47 Å². The third kappa shape index (κ3) is 7.22. The Morgan fingerprint density at radius 1 is 1.16 bits per heavy atom. The number of benzene rings is 1. The average Bonchev–Trinajstić information content (AvgIpc) is 3.08. The van der Waals surface area contributed by atoms with Crippen LogP contribution in [0.4, 0.5) is 5.69 Å².